The molecular weight excluding hydrogens is 480 g/mol. The summed E-state index contributed by atoms with van der Waals surface area (Å²) in [6.07, 6.45) is 2.55. The zero-order valence-corrected chi connectivity index (χ0v) is 19.9. The first-order valence-corrected chi connectivity index (χ1v) is 12.2. The van der Waals surface area contributed by atoms with Crippen molar-refractivity contribution in [1.82, 2.24) is 23.7 Å². The van der Waals surface area contributed by atoms with Crippen molar-refractivity contribution in [3.05, 3.63) is 82.0 Å². The van der Waals surface area contributed by atoms with Crippen molar-refractivity contribution in [2.45, 2.75) is 18.7 Å². The van der Waals surface area contributed by atoms with Gasteiger partial charge in [-0.1, -0.05) is 31.5 Å². The van der Waals surface area contributed by atoms with Gasteiger partial charge in [0.25, 0.3) is 11.5 Å². The van der Waals surface area contributed by atoms with E-state index < -0.39 is 21.5 Å². The Morgan fingerprint density at radius 3 is 2.47 bits per heavy atom. The molecule has 1 amide bonds. The number of nitrogens with one attached hydrogen (secondary N) is 1. The highest BCUT2D eigenvalue weighted by atomic mass is 35.5. The zero-order valence-electron chi connectivity index (χ0n) is 18.3. The van der Waals surface area contributed by atoms with Crippen LogP contribution < -0.4 is 11.0 Å². The molecule has 0 aliphatic rings. The second kappa shape index (κ2) is 9.37. The zero-order chi connectivity index (χ0) is 24.5. The molecule has 0 saturated heterocycles. The summed E-state index contributed by atoms with van der Waals surface area (Å²) in [6, 6.07) is 12.4. The Labute approximate surface area is 200 Å². The molecule has 0 aliphatic carbocycles. The normalized spacial score (nSPS) is 11.8. The maximum atomic E-state index is 12.9. The number of rotatable bonds is 7. The number of aromatic nitrogens is 4. The van der Waals surface area contributed by atoms with Gasteiger partial charge in [0.05, 0.1) is 16.8 Å². The summed E-state index contributed by atoms with van der Waals surface area (Å²) in [7, 11) is -3.64. The number of sulfonamides is 1. The van der Waals surface area contributed by atoms with Gasteiger partial charge in [-0.15, -0.1) is 0 Å². The van der Waals surface area contributed by atoms with Crippen LogP contribution in [-0.2, 0) is 10.0 Å². The largest absolute Gasteiger partial charge is 0.283 e. The summed E-state index contributed by atoms with van der Waals surface area (Å²) in [5.74, 6) is -0.600. The molecular formula is C22H21ClN6O4S. The molecule has 0 spiro atoms. The minimum Gasteiger partial charge on any atom is -0.267 e. The molecule has 0 radical (unpaired) electrons. The molecule has 0 fully saturated rings. The van der Waals surface area contributed by atoms with Crippen molar-refractivity contribution in [3.8, 4) is 5.69 Å². The first kappa shape index (κ1) is 23.6. The van der Waals surface area contributed by atoms with Crippen molar-refractivity contribution < 1.29 is 13.2 Å². The molecule has 176 valence electrons. The first-order valence-electron chi connectivity index (χ1n) is 10.4. The van der Waals surface area contributed by atoms with Gasteiger partial charge in [-0.25, -0.2) is 22.8 Å². The molecule has 0 unspecified atom stereocenters. The van der Waals surface area contributed by atoms with Crippen LogP contribution in [-0.4, -0.2) is 51.2 Å². The monoisotopic (exact) mass is 500 g/mol. The summed E-state index contributed by atoms with van der Waals surface area (Å²) in [5.41, 5.74) is 3.07. The van der Waals surface area contributed by atoms with Crippen molar-refractivity contribution in [3.63, 3.8) is 0 Å². The minimum absolute atomic E-state index is 0.0847. The number of hydrogen-bond acceptors (Lipinski definition) is 6. The summed E-state index contributed by atoms with van der Waals surface area (Å²) in [4.78, 5) is 29.9. The second-order valence-corrected chi connectivity index (χ2v) is 9.62. The first-order chi connectivity index (χ1) is 16.3. The summed E-state index contributed by atoms with van der Waals surface area (Å²) in [6.45, 7) is 4.19. The Bertz CT molecular complexity index is 1530. The standard InChI is InChI=1S/C22H21ClN6O4S/c1-3-27(4-2)34(32,33)18-10-8-15(9-11-18)21(30)26-28-14-24-20-19(22(28)31)13-25-29(20)17-7-5-6-16(23)12-17/h5-14H,3-4H2,1-2H3,(H,26,30). The number of fused-ring (bicyclic) bond motifs is 1. The molecule has 2 heterocycles. The Kier molecular flexibility index (Phi) is 6.51. The lowest BCUT2D eigenvalue weighted by molar-refractivity contribution is 0.101. The van der Waals surface area contributed by atoms with Crippen molar-refractivity contribution in [2.24, 2.45) is 0 Å². The van der Waals surface area contributed by atoms with E-state index in [0.717, 1.165) is 4.68 Å². The number of nitrogens with zero attached hydrogens (tertiary/aromatic N) is 5. The molecule has 0 atom stereocenters. The second-order valence-electron chi connectivity index (χ2n) is 7.25. The third-order valence-corrected chi connectivity index (χ3v) is 7.52. The van der Waals surface area contributed by atoms with E-state index in [1.165, 1.54) is 45.8 Å². The van der Waals surface area contributed by atoms with E-state index in [4.69, 9.17) is 11.6 Å². The number of benzene rings is 2. The van der Waals surface area contributed by atoms with Gasteiger partial charge < -0.3 is 0 Å². The van der Waals surface area contributed by atoms with E-state index in [1.54, 1.807) is 38.1 Å². The van der Waals surface area contributed by atoms with Crippen LogP contribution in [0.4, 0.5) is 0 Å². The number of hydrogen-bond donors (Lipinski definition) is 1. The van der Waals surface area contributed by atoms with Gasteiger partial charge >= 0.3 is 0 Å². The molecule has 0 saturated carbocycles. The molecule has 2 aromatic heterocycles. The molecule has 4 rings (SSSR count). The van der Waals surface area contributed by atoms with Crippen LogP contribution in [0.15, 0.2) is 70.7 Å². The highest BCUT2D eigenvalue weighted by Gasteiger charge is 2.22. The van der Waals surface area contributed by atoms with Crippen LogP contribution in [0.3, 0.4) is 0 Å². The fraction of sp³-hybridized carbons (Fsp3) is 0.182. The molecule has 0 aliphatic heterocycles. The lowest BCUT2D eigenvalue weighted by Gasteiger charge is -2.18. The van der Waals surface area contributed by atoms with Crippen LogP contribution in [0.1, 0.15) is 24.2 Å². The minimum atomic E-state index is -3.64. The van der Waals surface area contributed by atoms with E-state index >= 15 is 0 Å². The predicted octanol–water partition coefficient (Wildman–Crippen LogP) is 2.65. The maximum Gasteiger partial charge on any atom is 0.283 e. The van der Waals surface area contributed by atoms with Gasteiger partial charge in [0.15, 0.2) is 5.65 Å². The summed E-state index contributed by atoms with van der Waals surface area (Å²) in [5, 5.41) is 4.92. The fourth-order valence-electron chi connectivity index (χ4n) is 3.45. The van der Waals surface area contributed by atoms with Crippen LogP contribution in [0.5, 0.6) is 0 Å². The lowest BCUT2D eigenvalue weighted by atomic mass is 10.2. The van der Waals surface area contributed by atoms with Crippen LogP contribution in [0.25, 0.3) is 16.7 Å². The third kappa shape index (κ3) is 4.32. The number of halogens is 1. The van der Waals surface area contributed by atoms with Gasteiger partial charge in [0, 0.05) is 23.7 Å². The summed E-state index contributed by atoms with van der Waals surface area (Å²) < 4.78 is 29.0. The molecule has 34 heavy (non-hydrogen) atoms. The highest BCUT2D eigenvalue weighted by molar-refractivity contribution is 7.89. The SMILES string of the molecule is CCN(CC)S(=O)(=O)c1ccc(C(=O)Nn2cnc3c(cnn3-c3cccc(Cl)c3)c2=O)cc1. The molecule has 12 heteroatoms. The van der Waals surface area contributed by atoms with Gasteiger partial charge in [-0.3, -0.25) is 15.0 Å². The molecule has 0 bridgehead atoms. The highest BCUT2D eigenvalue weighted by Crippen LogP contribution is 2.18. The third-order valence-electron chi connectivity index (χ3n) is 5.22. The molecule has 2 aromatic carbocycles. The smallest absolute Gasteiger partial charge is 0.267 e. The van der Waals surface area contributed by atoms with Crippen molar-refractivity contribution in [2.75, 3.05) is 18.5 Å². The Morgan fingerprint density at radius 1 is 1.12 bits per heavy atom. The Hall–Kier alpha value is -3.54. The Balaban J connectivity index is 1.59. The average Bonchev–Trinajstić information content (AvgIpc) is 3.26. The number of amides is 1. The summed E-state index contributed by atoms with van der Waals surface area (Å²) >= 11 is 6.04. The van der Waals surface area contributed by atoms with Gasteiger partial charge in [0.2, 0.25) is 10.0 Å². The van der Waals surface area contributed by atoms with E-state index in [2.05, 4.69) is 15.5 Å². The van der Waals surface area contributed by atoms with E-state index in [9.17, 15) is 18.0 Å². The Morgan fingerprint density at radius 2 is 1.82 bits per heavy atom. The number of carbonyl (C=O) groups excluding carboxylic acids is 1. The molecule has 1 N–H and O–H groups in total. The average molecular weight is 501 g/mol. The topological polar surface area (TPSA) is 119 Å². The fourth-order valence-corrected chi connectivity index (χ4v) is 5.10. The van der Waals surface area contributed by atoms with Crippen LogP contribution >= 0.6 is 11.6 Å². The van der Waals surface area contributed by atoms with Crippen molar-refractivity contribution in [1.29, 1.82) is 0 Å². The van der Waals surface area contributed by atoms with Gasteiger partial charge in [-0.05, 0) is 42.5 Å². The van der Waals surface area contributed by atoms with E-state index in [1.807, 2.05) is 0 Å². The lowest BCUT2D eigenvalue weighted by Crippen LogP contribution is -2.33. The van der Waals surface area contributed by atoms with Gasteiger partial charge in [0.1, 0.15) is 11.7 Å². The molecule has 10 nitrogen and oxygen atoms in total. The van der Waals surface area contributed by atoms with Crippen molar-refractivity contribution >= 4 is 38.6 Å². The van der Waals surface area contributed by atoms with E-state index in [0.29, 0.717) is 29.4 Å². The predicted molar refractivity (Wildman–Crippen MR) is 128 cm³/mol. The number of carbonyl (C=O) groups is 1. The molecule has 4 aromatic rings. The van der Waals surface area contributed by atoms with E-state index in [-0.39, 0.29) is 15.8 Å². The van der Waals surface area contributed by atoms with Crippen LogP contribution in [0.2, 0.25) is 5.02 Å². The maximum absolute atomic E-state index is 12.9. The van der Waals surface area contributed by atoms with Gasteiger partial charge in [-0.2, -0.15) is 9.40 Å². The van der Waals surface area contributed by atoms with Crippen LogP contribution in [0, 0.1) is 0 Å². The quantitative estimate of drug-likeness (QED) is 0.416.